The standard InChI is InChI=1S/C17H21NO/c1-13(2)19-17-11-7-15(8-12-17)14-5-9-16(10-6-14)18(3)4/h5-13H,1-4H3. The second kappa shape index (κ2) is 5.79. The second-order valence-electron chi connectivity index (χ2n) is 5.13. The number of hydrogen-bond acceptors (Lipinski definition) is 2. The highest BCUT2D eigenvalue weighted by molar-refractivity contribution is 5.66. The van der Waals surface area contributed by atoms with Crippen molar-refractivity contribution in [3.8, 4) is 16.9 Å². The summed E-state index contributed by atoms with van der Waals surface area (Å²) in [5.41, 5.74) is 3.65. The Kier molecular flexibility index (Phi) is 4.10. The van der Waals surface area contributed by atoms with Gasteiger partial charge in [0, 0.05) is 19.8 Å². The van der Waals surface area contributed by atoms with Gasteiger partial charge in [0.15, 0.2) is 0 Å². The molecule has 0 heterocycles. The maximum atomic E-state index is 5.65. The molecule has 0 aromatic heterocycles. The van der Waals surface area contributed by atoms with Crippen LogP contribution in [0, 0.1) is 0 Å². The van der Waals surface area contributed by atoms with Crippen LogP contribution < -0.4 is 9.64 Å². The summed E-state index contributed by atoms with van der Waals surface area (Å²) in [6.45, 7) is 4.07. The van der Waals surface area contributed by atoms with E-state index < -0.39 is 0 Å². The van der Waals surface area contributed by atoms with Gasteiger partial charge in [-0.05, 0) is 49.2 Å². The van der Waals surface area contributed by atoms with Gasteiger partial charge in [0.25, 0.3) is 0 Å². The Morgan fingerprint density at radius 3 is 1.68 bits per heavy atom. The van der Waals surface area contributed by atoms with Gasteiger partial charge in [-0.25, -0.2) is 0 Å². The second-order valence-corrected chi connectivity index (χ2v) is 5.13. The van der Waals surface area contributed by atoms with Gasteiger partial charge in [-0.3, -0.25) is 0 Å². The summed E-state index contributed by atoms with van der Waals surface area (Å²) in [7, 11) is 4.10. The van der Waals surface area contributed by atoms with E-state index in [4.69, 9.17) is 4.74 Å². The lowest BCUT2D eigenvalue weighted by Gasteiger charge is -2.13. The van der Waals surface area contributed by atoms with Gasteiger partial charge in [-0.1, -0.05) is 24.3 Å². The Labute approximate surface area is 115 Å². The molecule has 0 aliphatic rings. The summed E-state index contributed by atoms with van der Waals surface area (Å²) < 4.78 is 5.65. The van der Waals surface area contributed by atoms with Crippen molar-refractivity contribution >= 4 is 5.69 Å². The van der Waals surface area contributed by atoms with Crippen LogP contribution in [0.1, 0.15) is 13.8 Å². The fraction of sp³-hybridized carbons (Fsp3) is 0.294. The van der Waals surface area contributed by atoms with Crippen LogP contribution in [0.3, 0.4) is 0 Å². The lowest BCUT2D eigenvalue weighted by Crippen LogP contribution is -2.07. The van der Waals surface area contributed by atoms with Crippen molar-refractivity contribution in [1.82, 2.24) is 0 Å². The Bertz CT molecular complexity index is 512. The average molecular weight is 255 g/mol. The van der Waals surface area contributed by atoms with Crippen molar-refractivity contribution in [3.63, 3.8) is 0 Å². The molecule has 2 aromatic carbocycles. The molecule has 0 aliphatic heterocycles. The van der Waals surface area contributed by atoms with Gasteiger partial charge in [0.2, 0.25) is 0 Å². The predicted octanol–water partition coefficient (Wildman–Crippen LogP) is 4.21. The van der Waals surface area contributed by atoms with Crippen LogP contribution in [0.15, 0.2) is 48.5 Å². The molecule has 0 fully saturated rings. The smallest absolute Gasteiger partial charge is 0.119 e. The highest BCUT2D eigenvalue weighted by Gasteiger charge is 2.01. The number of ether oxygens (including phenoxy) is 1. The average Bonchev–Trinajstić information content (AvgIpc) is 2.39. The van der Waals surface area contributed by atoms with E-state index in [9.17, 15) is 0 Å². The molecular weight excluding hydrogens is 234 g/mol. The molecule has 0 bridgehead atoms. The van der Waals surface area contributed by atoms with Gasteiger partial charge < -0.3 is 9.64 Å². The fourth-order valence-corrected chi connectivity index (χ4v) is 1.95. The molecule has 0 saturated heterocycles. The van der Waals surface area contributed by atoms with Gasteiger partial charge >= 0.3 is 0 Å². The minimum Gasteiger partial charge on any atom is -0.491 e. The van der Waals surface area contributed by atoms with E-state index in [1.807, 2.05) is 40.1 Å². The number of anilines is 1. The first kappa shape index (κ1) is 13.5. The van der Waals surface area contributed by atoms with E-state index in [0.717, 1.165) is 5.75 Å². The van der Waals surface area contributed by atoms with Crippen LogP contribution >= 0.6 is 0 Å². The molecule has 2 aromatic rings. The number of rotatable bonds is 4. The summed E-state index contributed by atoms with van der Waals surface area (Å²) in [5, 5.41) is 0. The molecule has 0 amide bonds. The van der Waals surface area contributed by atoms with E-state index in [0.29, 0.717) is 0 Å². The maximum absolute atomic E-state index is 5.65. The normalized spacial score (nSPS) is 10.6. The number of benzene rings is 2. The topological polar surface area (TPSA) is 12.5 Å². The molecule has 0 unspecified atom stereocenters. The van der Waals surface area contributed by atoms with Crippen LogP contribution in [-0.2, 0) is 0 Å². The van der Waals surface area contributed by atoms with E-state index >= 15 is 0 Å². The van der Waals surface area contributed by atoms with Crippen molar-refractivity contribution in [2.75, 3.05) is 19.0 Å². The summed E-state index contributed by atoms with van der Waals surface area (Å²) >= 11 is 0. The van der Waals surface area contributed by atoms with Crippen molar-refractivity contribution in [3.05, 3.63) is 48.5 Å². The quantitative estimate of drug-likeness (QED) is 0.811. The van der Waals surface area contributed by atoms with Crippen LogP contribution in [0.5, 0.6) is 5.75 Å². The third kappa shape index (κ3) is 3.50. The maximum Gasteiger partial charge on any atom is 0.119 e. The van der Waals surface area contributed by atoms with Crippen LogP contribution in [0.2, 0.25) is 0 Å². The molecule has 2 nitrogen and oxygen atoms in total. The highest BCUT2D eigenvalue weighted by atomic mass is 16.5. The molecule has 0 aliphatic carbocycles. The molecule has 2 rings (SSSR count). The summed E-state index contributed by atoms with van der Waals surface area (Å²) in [5.74, 6) is 0.920. The molecule has 0 radical (unpaired) electrons. The molecule has 0 atom stereocenters. The lowest BCUT2D eigenvalue weighted by molar-refractivity contribution is 0.242. The Balaban J connectivity index is 2.17. The lowest BCUT2D eigenvalue weighted by atomic mass is 10.1. The molecular formula is C17H21NO. The SMILES string of the molecule is CC(C)Oc1ccc(-c2ccc(N(C)C)cc2)cc1. The van der Waals surface area contributed by atoms with Crippen molar-refractivity contribution in [1.29, 1.82) is 0 Å². The van der Waals surface area contributed by atoms with E-state index in [1.165, 1.54) is 16.8 Å². The highest BCUT2D eigenvalue weighted by Crippen LogP contribution is 2.24. The van der Waals surface area contributed by atoms with Gasteiger partial charge in [0.05, 0.1) is 6.10 Å². The third-order valence-corrected chi connectivity index (χ3v) is 2.94. The number of nitrogens with zero attached hydrogens (tertiary/aromatic N) is 1. The van der Waals surface area contributed by atoms with Crippen LogP contribution in [-0.4, -0.2) is 20.2 Å². The van der Waals surface area contributed by atoms with Gasteiger partial charge in [0.1, 0.15) is 5.75 Å². The van der Waals surface area contributed by atoms with Crippen LogP contribution in [0.4, 0.5) is 5.69 Å². The summed E-state index contributed by atoms with van der Waals surface area (Å²) in [4.78, 5) is 2.10. The molecule has 2 heteroatoms. The minimum absolute atomic E-state index is 0.213. The molecule has 0 spiro atoms. The van der Waals surface area contributed by atoms with E-state index in [-0.39, 0.29) is 6.10 Å². The summed E-state index contributed by atoms with van der Waals surface area (Å²) in [6, 6.07) is 16.8. The van der Waals surface area contributed by atoms with Crippen molar-refractivity contribution < 1.29 is 4.74 Å². The molecule has 100 valence electrons. The fourth-order valence-electron chi connectivity index (χ4n) is 1.95. The summed E-state index contributed by atoms with van der Waals surface area (Å²) in [6.07, 6.45) is 0.213. The van der Waals surface area contributed by atoms with E-state index in [2.05, 4.69) is 41.3 Å². The predicted molar refractivity (Wildman–Crippen MR) is 82.0 cm³/mol. The van der Waals surface area contributed by atoms with Crippen molar-refractivity contribution in [2.24, 2.45) is 0 Å². The Hall–Kier alpha value is -1.96. The largest absolute Gasteiger partial charge is 0.491 e. The number of hydrogen-bond donors (Lipinski definition) is 0. The first-order valence-electron chi connectivity index (χ1n) is 6.61. The monoisotopic (exact) mass is 255 g/mol. The first-order chi connectivity index (χ1) is 9.06. The molecule has 19 heavy (non-hydrogen) atoms. The van der Waals surface area contributed by atoms with E-state index in [1.54, 1.807) is 0 Å². The van der Waals surface area contributed by atoms with Gasteiger partial charge in [-0.15, -0.1) is 0 Å². The van der Waals surface area contributed by atoms with Crippen LogP contribution in [0.25, 0.3) is 11.1 Å². The zero-order chi connectivity index (χ0) is 13.8. The minimum atomic E-state index is 0.213. The Morgan fingerprint density at radius 1 is 0.789 bits per heavy atom. The first-order valence-corrected chi connectivity index (χ1v) is 6.61. The third-order valence-electron chi connectivity index (χ3n) is 2.94. The van der Waals surface area contributed by atoms with Crippen molar-refractivity contribution in [2.45, 2.75) is 20.0 Å². The Morgan fingerprint density at radius 2 is 1.26 bits per heavy atom. The van der Waals surface area contributed by atoms with Gasteiger partial charge in [-0.2, -0.15) is 0 Å². The molecule has 0 N–H and O–H groups in total. The zero-order valence-electron chi connectivity index (χ0n) is 12.1. The zero-order valence-corrected chi connectivity index (χ0v) is 12.1. The molecule has 0 saturated carbocycles.